The van der Waals surface area contributed by atoms with Crippen molar-refractivity contribution in [2.75, 3.05) is 5.32 Å². The second-order valence-electron chi connectivity index (χ2n) is 5.88. The van der Waals surface area contributed by atoms with Gasteiger partial charge in [-0.2, -0.15) is 0 Å². The molecule has 0 radical (unpaired) electrons. The summed E-state index contributed by atoms with van der Waals surface area (Å²) in [7, 11) is 0. The number of rotatable bonds is 3. The van der Waals surface area contributed by atoms with Gasteiger partial charge in [-0.1, -0.05) is 17.7 Å². The van der Waals surface area contributed by atoms with Crippen molar-refractivity contribution in [1.82, 2.24) is 9.97 Å². The van der Waals surface area contributed by atoms with E-state index < -0.39 is 0 Å². The minimum absolute atomic E-state index is 0.250. The molecule has 1 N–H and O–H groups in total. The third-order valence-electron chi connectivity index (χ3n) is 3.92. The van der Waals surface area contributed by atoms with Crippen LogP contribution >= 0.6 is 11.6 Å². The largest absolute Gasteiger partial charge is 0.436 e. The minimum Gasteiger partial charge on any atom is -0.436 e. The predicted octanol–water partition coefficient (Wildman–Crippen LogP) is 5.10. The number of nitrogens with zero attached hydrogens (tertiary/aromatic N) is 2. The molecule has 0 saturated heterocycles. The lowest BCUT2D eigenvalue weighted by atomic mass is 10.2. The summed E-state index contributed by atoms with van der Waals surface area (Å²) in [5.74, 6) is 0.160. The van der Waals surface area contributed by atoms with Crippen LogP contribution in [0.2, 0.25) is 5.02 Å². The molecule has 4 rings (SSSR count). The van der Waals surface area contributed by atoms with Gasteiger partial charge in [-0.3, -0.25) is 9.78 Å². The van der Waals surface area contributed by atoms with Crippen LogP contribution in [0.1, 0.15) is 15.9 Å². The zero-order valence-corrected chi connectivity index (χ0v) is 14.6. The average Bonchev–Trinajstić information content (AvgIpc) is 3.07. The second kappa shape index (κ2) is 6.61. The molecule has 0 unspecified atom stereocenters. The quantitative estimate of drug-likeness (QED) is 0.549. The zero-order valence-electron chi connectivity index (χ0n) is 13.9. The van der Waals surface area contributed by atoms with Gasteiger partial charge in [0.05, 0.1) is 16.1 Å². The van der Waals surface area contributed by atoms with E-state index in [-0.39, 0.29) is 5.91 Å². The number of amides is 1. The molecule has 6 heteroatoms. The number of fused-ring (bicyclic) bond motifs is 1. The van der Waals surface area contributed by atoms with E-state index in [1.807, 2.05) is 25.1 Å². The molecular formula is C20H14ClN3O2. The fraction of sp³-hybridized carbons (Fsp3) is 0.0500. The number of pyridine rings is 1. The SMILES string of the molecule is Cc1ccc2oc(-c3cc(NC(=O)c4cccnc4)ccc3Cl)nc2c1. The van der Waals surface area contributed by atoms with E-state index in [2.05, 4.69) is 15.3 Å². The second-order valence-corrected chi connectivity index (χ2v) is 6.29. The summed E-state index contributed by atoms with van der Waals surface area (Å²) in [6.45, 7) is 2.00. The summed E-state index contributed by atoms with van der Waals surface area (Å²) >= 11 is 6.32. The van der Waals surface area contributed by atoms with Gasteiger partial charge in [0.25, 0.3) is 5.91 Å². The summed E-state index contributed by atoms with van der Waals surface area (Å²) in [5.41, 5.74) is 4.23. The molecule has 4 aromatic rings. The first-order valence-corrected chi connectivity index (χ1v) is 8.36. The fourth-order valence-electron chi connectivity index (χ4n) is 2.62. The highest BCUT2D eigenvalue weighted by Gasteiger charge is 2.14. The smallest absolute Gasteiger partial charge is 0.257 e. The van der Waals surface area contributed by atoms with E-state index in [1.165, 1.54) is 6.20 Å². The van der Waals surface area contributed by atoms with Gasteiger partial charge in [-0.15, -0.1) is 0 Å². The molecule has 5 nitrogen and oxygen atoms in total. The minimum atomic E-state index is -0.250. The van der Waals surface area contributed by atoms with Crippen LogP contribution in [-0.4, -0.2) is 15.9 Å². The molecule has 0 atom stereocenters. The molecule has 26 heavy (non-hydrogen) atoms. The number of aromatic nitrogens is 2. The Morgan fingerprint density at radius 1 is 1.15 bits per heavy atom. The van der Waals surface area contributed by atoms with Crippen LogP contribution in [0.15, 0.2) is 65.3 Å². The van der Waals surface area contributed by atoms with Crippen LogP contribution in [0, 0.1) is 6.92 Å². The molecule has 0 saturated carbocycles. The van der Waals surface area contributed by atoms with Crippen molar-refractivity contribution in [1.29, 1.82) is 0 Å². The number of oxazole rings is 1. The first kappa shape index (κ1) is 16.3. The van der Waals surface area contributed by atoms with Gasteiger partial charge < -0.3 is 9.73 Å². The maximum atomic E-state index is 12.3. The molecule has 2 aromatic heterocycles. The number of anilines is 1. The monoisotopic (exact) mass is 363 g/mol. The highest BCUT2D eigenvalue weighted by Crippen LogP contribution is 2.32. The maximum Gasteiger partial charge on any atom is 0.257 e. The van der Waals surface area contributed by atoms with Gasteiger partial charge in [0.1, 0.15) is 5.52 Å². The van der Waals surface area contributed by atoms with E-state index >= 15 is 0 Å². The summed E-state index contributed by atoms with van der Waals surface area (Å²) in [4.78, 5) is 20.8. The van der Waals surface area contributed by atoms with Gasteiger partial charge in [0, 0.05) is 18.1 Å². The molecule has 0 aliphatic heterocycles. The number of hydrogen-bond donors (Lipinski definition) is 1. The van der Waals surface area contributed by atoms with Gasteiger partial charge in [-0.25, -0.2) is 4.98 Å². The third-order valence-corrected chi connectivity index (χ3v) is 4.25. The number of aryl methyl sites for hydroxylation is 1. The average molecular weight is 364 g/mol. The van der Waals surface area contributed by atoms with Crippen molar-refractivity contribution in [3.05, 3.63) is 77.1 Å². The van der Waals surface area contributed by atoms with E-state index in [0.717, 1.165) is 11.1 Å². The highest BCUT2D eigenvalue weighted by atomic mass is 35.5. The first-order chi connectivity index (χ1) is 12.6. The van der Waals surface area contributed by atoms with E-state index in [4.69, 9.17) is 16.0 Å². The Kier molecular flexibility index (Phi) is 4.14. The standard InChI is InChI=1S/C20H14ClN3O2/c1-12-4-7-18-17(9-12)24-20(26-18)15-10-14(5-6-16(15)21)23-19(25)13-3-2-8-22-11-13/h2-11H,1H3,(H,23,25). The number of carbonyl (C=O) groups excluding carboxylic acids is 1. The van der Waals surface area contributed by atoms with Crippen molar-refractivity contribution in [3.8, 4) is 11.5 Å². The van der Waals surface area contributed by atoms with Gasteiger partial charge in [0.15, 0.2) is 5.58 Å². The lowest BCUT2D eigenvalue weighted by Crippen LogP contribution is -2.12. The van der Waals surface area contributed by atoms with E-state index in [0.29, 0.717) is 33.3 Å². The molecule has 1 amide bonds. The Morgan fingerprint density at radius 3 is 2.85 bits per heavy atom. The lowest BCUT2D eigenvalue weighted by Gasteiger charge is -2.07. The van der Waals surface area contributed by atoms with Gasteiger partial charge in [0.2, 0.25) is 5.89 Å². The summed E-state index contributed by atoms with van der Waals surface area (Å²) in [6, 6.07) is 14.4. The number of benzene rings is 2. The van der Waals surface area contributed by atoms with Crippen molar-refractivity contribution in [2.24, 2.45) is 0 Å². The Labute approximate surface area is 154 Å². The molecule has 0 aliphatic carbocycles. The topological polar surface area (TPSA) is 68.0 Å². The van der Waals surface area contributed by atoms with Gasteiger partial charge in [-0.05, 0) is 55.0 Å². The number of hydrogen-bond acceptors (Lipinski definition) is 4. The van der Waals surface area contributed by atoms with E-state index in [1.54, 1.807) is 36.5 Å². The Hall–Kier alpha value is -3.18. The Morgan fingerprint density at radius 2 is 2.04 bits per heavy atom. The Balaban J connectivity index is 1.68. The van der Waals surface area contributed by atoms with Crippen LogP contribution in [0.5, 0.6) is 0 Å². The van der Waals surface area contributed by atoms with Crippen molar-refractivity contribution in [2.45, 2.75) is 6.92 Å². The van der Waals surface area contributed by atoms with Crippen LogP contribution in [0.4, 0.5) is 5.69 Å². The molecule has 2 aromatic carbocycles. The molecule has 0 spiro atoms. The normalized spacial score (nSPS) is 10.8. The van der Waals surface area contributed by atoms with Crippen molar-refractivity contribution >= 4 is 34.3 Å². The predicted molar refractivity (Wildman–Crippen MR) is 101 cm³/mol. The van der Waals surface area contributed by atoms with E-state index in [9.17, 15) is 4.79 Å². The molecule has 2 heterocycles. The number of halogens is 1. The molecule has 128 valence electrons. The zero-order chi connectivity index (χ0) is 18.1. The first-order valence-electron chi connectivity index (χ1n) is 7.99. The molecule has 0 aliphatic rings. The highest BCUT2D eigenvalue weighted by molar-refractivity contribution is 6.33. The van der Waals surface area contributed by atoms with Crippen molar-refractivity contribution < 1.29 is 9.21 Å². The molecular weight excluding hydrogens is 350 g/mol. The van der Waals surface area contributed by atoms with Crippen LogP contribution in [0.3, 0.4) is 0 Å². The molecule has 0 fully saturated rings. The summed E-state index contributed by atoms with van der Waals surface area (Å²) in [6.07, 6.45) is 3.13. The lowest BCUT2D eigenvalue weighted by molar-refractivity contribution is 0.102. The van der Waals surface area contributed by atoms with Gasteiger partial charge >= 0.3 is 0 Å². The van der Waals surface area contributed by atoms with Crippen molar-refractivity contribution in [3.63, 3.8) is 0 Å². The molecule has 0 bridgehead atoms. The summed E-state index contributed by atoms with van der Waals surface area (Å²) in [5, 5.41) is 3.32. The third kappa shape index (κ3) is 3.17. The summed E-state index contributed by atoms with van der Waals surface area (Å²) < 4.78 is 5.82. The number of nitrogens with one attached hydrogen (secondary N) is 1. The van der Waals surface area contributed by atoms with Crippen LogP contribution in [-0.2, 0) is 0 Å². The fourth-order valence-corrected chi connectivity index (χ4v) is 2.82. The van der Waals surface area contributed by atoms with Crippen LogP contribution in [0.25, 0.3) is 22.6 Å². The Bertz CT molecular complexity index is 1110. The van der Waals surface area contributed by atoms with Crippen LogP contribution < -0.4 is 5.32 Å². The number of carbonyl (C=O) groups is 1. The maximum absolute atomic E-state index is 12.3.